The first kappa shape index (κ1) is 20.8. The smallest absolute Gasteiger partial charge is 0.129 e. The van der Waals surface area contributed by atoms with Gasteiger partial charge in [-0.2, -0.15) is 0 Å². The lowest BCUT2D eigenvalue weighted by Gasteiger charge is -2.40. The first-order valence-corrected chi connectivity index (χ1v) is 9.12. The second-order valence-electron chi connectivity index (χ2n) is 6.94. The number of benzene rings is 2. The number of ether oxygens (including phenoxy) is 3. The Morgan fingerprint density at radius 1 is 0.963 bits per heavy atom. The van der Waals surface area contributed by atoms with Crippen LogP contribution in [0.5, 0.6) is 17.2 Å². The summed E-state index contributed by atoms with van der Waals surface area (Å²) in [4.78, 5) is 0. The van der Waals surface area contributed by atoms with Crippen molar-refractivity contribution in [2.45, 2.75) is 25.9 Å². The van der Waals surface area contributed by atoms with Crippen LogP contribution < -0.4 is 14.2 Å². The predicted molar refractivity (Wildman–Crippen MR) is 109 cm³/mol. The van der Waals surface area contributed by atoms with Crippen LogP contribution in [0, 0.1) is 11.8 Å². The number of aliphatic hydroxyl groups is 1. The fourth-order valence-corrected chi connectivity index (χ4v) is 3.63. The summed E-state index contributed by atoms with van der Waals surface area (Å²) < 4.78 is 16.2. The first-order chi connectivity index (χ1) is 12.9. The van der Waals surface area contributed by atoms with Crippen molar-refractivity contribution in [3.8, 4) is 17.2 Å². The SMILES string of the molecule is C=CCC(C(C)C)C(O)(c1ccc(OC)cc1)c1ccc(OC)cc1OC. The van der Waals surface area contributed by atoms with Crippen molar-refractivity contribution in [2.24, 2.45) is 11.8 Å². The molecule has 0 amide bonds. The van der Waals surface area contributed by atoms with Gasteiger partial charge in [0.15, 0.2) is 0 Å². The Hall–Kier alpha value is -2.46. The van der Waals surface area contributed by atoms with Crippen LogP contribution >= 0.6 is 0 Å². The third-order valence-corrected chi connectivity index (χ3v) is 5.11. The zero-order valence-corrected chi connectivity index (χ0v) is 16.9. The van der Waals surface area contributed by atoms with Crippen LogP contribution in [-0.2, 0) is 5.60 Å². The standard InChI is InChI=1S/C23H30O4/c1-7-8-20(16(2)3)23(24,17-9-11-18(25-4)12-10-17)21-14-13-19(26-5)15-22(21)27-6/h7,9-16,20,24H,1,8H2,2-6H3. The quantitative estimate of drug-likeness (QED) is 0.644. The van der Waals surface area contributed by atoms with Crippen LogP contribution in [0.3, 0.4) is 0 Å². The van der Waals surface area contributed by atoms with Crippen molar-refractivity contribution in [3.63, 3.8) is 0 Å². The summed E-state index contributed by atoms with van der Waals surface area (Å²) in [5, 5.41) is 12.1. The molecule has 0 aliphatic rings. The third kappa shape index (κ3) is 4.11. The molecule has 2 unspecified atom stereocenters. The first-order valence-electron chi connectivity index (χ1n) is 9.12. The van der Waals surface area contributed by atoms with Gasteiger partial charge in [0, 0.05) is 17.5 Å². The summed E-state index contributed by atoms with van der Waals surface area (Å²) in [7, 11) is 4.84. The molecule has 0 aliphatic heterocycles. The van der Waals surface area contributed by atoms with Crippen molar-refractivity contribution in [2.75, 3.05) is 21.3 Å². The highest BCUT2D eigenvalue weighted by molar-refractivity contribution is 5.50. The van der Waals surface area contributed by atoms with Gasteiger partial charge in [0.25, 0.3) is 0 Å². The lowest BCUT2D eigenvalue weighted by Crippen LogP contribution is -2.39. The van der Waals surface area contributed by atoms with E-state index in [1.54, 1.807) is 27.4 Å². The van der Waals surface area contributed by atoms with Crippen LogP contribution in [0.15, 0.2) is 55.1 Å². The molecule has 146 valence electrons. The van der Waals surface area contributed by atoms with Gasteiger partial charge in [-0.25, -0.2) is 0 Å². The molecule has 0 saturated carbocycles. The summed E-state index contributed by atoms with van der Waals surface area (Å²) >= 11 is 0. The zero-order chi connectivity index (χ0) is 20.0. The number of allylic oxidation sites excluding steroid dienone is 1. The van der Waals surface area contributed by atoms with Crippen LogP contribution in [0.2, 0.25) is 0 Å². The summed E-state index contributed by atoms with van der Waals surface area (Å²) in [5.74, 6) is 2.13. The largest absolute Gasteiger partial charge is 0.497 e. The van der Waals surface area contributed by atoms with Crippen LogP contribution in [0.4, 0.5) is 0 Å². The highest BCUT2D eigenvalue weighted by Gasteiger charge is 2.43. The van der Waals surface area contributed by atoms with Crippen molar-refractivity contribution in [3.05, 3.63) is 66.2 Å². The van der Waals surface area contributed by atoms with E-state index in [4.69, 9.17) is 14.2 Å². The third-order valence-electron chi connectivity index (χ3n) is 5.11. The zero-order valence-electron chi connectivity index (χ0n) is 16.9. The molecule has 2 rings (SSSR count). The minimum atomic E-state index is -1.26. The minimum absolute atomic E-state index is 0.0920. The van der Waals surface area contributed by atoms with E-state index >= 15 is 0 Å². The molecular weight excluding hydrogens is 340 g/mol. The number of rotatable bonds is 9. The molecule has 2 atom stereocenters. The molecule has 0 aliphatic carbocycles. The van der Waals surface area contributed by atoms with E-state index in [0.29, 0.717) is 23.5 Å². The molecule has 0 spiro atoms. The van der Waals surface area contributed by atoms with Gasteiger partial charge in [0.1, 0.15) is 22.8 Å². The van der Waals surface area contributed by atoms with E-state index in [1.165, 1.54) is 0 Å². The fraction of sp³-hybridized carbons (Fsp3) is 0.391. The lowest BCUT2D eigenvalue weighted by atomic mass is 9.69. The normalized spacial score (nSPS) is 14.3. The van der Waals surface area contributed by atoms with Crippen LogP contribution in [0.25, 0.3) is 0 Å². The average molecular weight is 370 g/mol. The van der Waals surface area contributed by atoms with E-state index in [1.807, 2.05) is 42.5 Å². The second kappa shape index (κ2) is 8.96. The van der Waals surface area contributed by atoms with Gasteiger partial charge in [-0.05, 0) is 42.2 Å². The minimum Gasteiger partial charge on any atom is -0.497 e. The Kier molecular flexibility index (Phi) is 6.92. The molecule has 0 radical (unpaired) electrons. The molecule has 1 N–H and O–H groups in total. The molecule has 4 heteroatoms. The molecule has 0 bridgehead atoms. The Morgan fingerprint density at radius 2 is 1.56 bits per heavy atom. The van der Waals surface area contributed by atoms with E-state index in [0.717, 1.165) is 11.3 Å². The van der Waals surface area contributed by atoms with E-state index in [-0.39, 0.29) is 11.8 Å². The molecule has 0 heterocycles. The van der Waals surface area contributed by atoms with Crippen molar-refractivity contribution in [1.29, 1.82) is 0 Å². The molecule has 0 aromatic heterocycles. The Balaban J connectivity index is 2.73. The Morgan fingerprint density at radius 3 is 2.04 bits per heavy atom. The average Bonchev–Trinajstić information content (AvgIpc) is 2.70. The summed E-state index contributed by atoms with van der Waals surface area (Å²) in [6.07, 6.45) is 2.52. The number of hydrogen-bond acceptors (Lipinski definition) is 4. The highest BCUT2D eigenvalue weighted by atomic mass is 16.5. The Labute approximate surface area is 162 Å². The van der Waals surface area contributed by atoms with Crippen molar-refractivity contribution < 1.29 is 19.3 Å². The number of methoxy groups -OCH3 is 3. The number of hydrogen-bond donors (Lipinski definition) is 1. The highest BCUT2D eigenvalue weighted by Crippen LogP contribution is 2.46. The van der Waals surface area contributed by atoms with E-state index in [9.17, 15) is 5.11 Å². The summed E-state index contributed by atoms with van der Waals surface area (Å²) in [5.41, 5.74) is 0.232. The van der Waals surface area contributed by atoms with Gasteiger partial charge < -0.3 is 19.3 Å². The summed E-state index contributed by atoms with van der Waals surface area (Å²) in [6.45, 7) is 8.12. The van der Waals surface area contributed by atoms with E-state index < -0.39 is 5.60 Å². The lowest BCUT2D eigenvalue weighted by molar-refractivity contribution is -0.00564. The molecular formula is C23H30O4. The summed E-state index contributed by atoms with van der Waals surface area (Å²) in [6, 6.07) is 13.1. The van der Waals surface area contributed by atoms with E-state index in [2.05, 4.69) is 20.4 Å². The fourth-order valence-electron chi connectivity index (χ4n) is 3.63. The van der Waals surface area contributed by atoms with Crippen LogP contribution in [0.1, 0.15) is 31.4 Å². The Bertz CT molecular complexity index is 751. The topological polar surface area (TPSA) is 47.9 Å². The van der Waals surface area contributed by atoms with Gasteiger partial charge in [-0.1, -0.05) is 32.1 Å². The van der Waals surface area contributed by atoms with Crippen LogP contribution in [-0.4, -0.2) is 26.4 Å². The van der Waals surface area contributed by atoms with Crippen molar-refractivity contribution >= 4 is 0 Å². The van der Waals surface area contributed by atoms with Gasteiger partial charge in [0.05, 0.1) is 21.3 Å². The molecule has 2 aromatic rings. The monoisotopic (exact) mass is 370 g/mol. The molecule has 27 heavy (non-hydrogen) atoms. The van der Waals surface area contributed by atoms with Gasteiger partial charge >= 0.3 is 0 Å². The maximum atomic E-state index is 12.1. The molecule has 4 nitrogen and oxygen atoms in total. The van der Waals surface area contributed by atoms with Gasteiger partial charge in [-0.3, -0.25) is 0 Å². The van der Waals surface area contributed by atoms with Crippen molar-refractivity contribution in [1.82, 2.24) is 0 Å². The van der Waals surface area contributed by atoms with Gasteiger partial charge in [-0.15, -0.1) is 6.58 Å². The molecule has 0 fully saturated rings. The maximum Gasteiger partial charge on any atom is 0.129 e. The predicted octanol–water partition coefficient (Wildman–Crippen LogP) is 4.80. The second-order valence-corrected chi connectivity index (χ2v) is 6.94. The molecule has 2 aromatic carbocycles. The van der Waals surface area contributed by atoms with Gasteiger partial charge in [0.2, 0.25) is 0 Å². The maximum absolute atomic E-state index is 12.1. The molecule has 0 saturated heterocycles.